The predicted molar refractivity (Wildman–Crippen MR) is 116 cm³/mol. The first-order valence-electron chi connectivity index (χ1n) is 9.44. The summed E-state index contributed by atoms with van der Waals surface area (Å²) in [5.74, 6) is 1.97. The van der Waals surface area contributed by atoms with Crippen LogP contribution in [0.3, 0.4) is 0 Å². The van der Waals surface area contributed by atoms with Gasteiger partial charge in [0.25, 0.3) is 5.56 Å². The molecular formula is C22H21ClN4O3. The first-order chi connectivity index (χ1) is 14.5. The molecule has 0 N–H and O–H groups in total. The summed E-state index contributed by atoms with van der Waals surface area (Å²) in [6.07, 6.45) is 2.21. The molecule has 4 aromatic rings. The Morgan fingerprint density at radius 1 is 1.03 bits per heavy atom. The Morgan fingerprint density at radius 3 is 2.47 bits per heavy atom. The maximum atomic E-state index is 13.1. The van der Waals surface area contributed by atoms with E-state index in [2.05, 4.69) is 10.1 Å². The number of methoxy groups -OCH3 is 2. The van der Waals surface area contributed by atoms with Gasteiger partial charge in [-0.2, -0.15) is 5.10 Å². The summed E-state index contributed by atoms with van der Waals surface area (Å²) in [6.45, 7) is 2.32. The van der Waals surface area contributed by atoms with Gasteiger partial charge in [-0.1, -0.05) is 17.7 Å². The normalized spacial score (nSPS) is 11.1. The average Bonchev–Trinajstić information content (AvgIpc) is 3.17. The summed E-state index contributed by atoms with van der Waals surface area (Å²) < 4.78 is 14.0. The van der Waals surface area contributed by atoms with Crippen LogP contribution in [-0.4, -0.2) is 33.6 Å². The second-order valence-electron chi connectivity index (χ2n) is 6.83. The summed E-state index contributed by atoms with van der Waals surface area (Å²) >= 11 is 5.97. The Balaban J connectivity index is 1.66. The van der Waals surface area contributed by atoms with Crippen LogP contribution in [0.2, 0.25) is 5.02 Å². The van der Waals surface area contributed by atoms with Crippen LogP contribution in [0.4, 0.5) is 0 Å². The molecule has 7 nitrogen and oxygen atoms in total. The predicted octanol–water partition coefficient (Wildman–Crippen LogP) is 3.80. The third kappa shape index (κ3) is 3.64. The minimum absolute atomic E-state index is 0.113. The molecular weight excluding hydrogens is 404 g/mol. The van der Waals surface area contributed by atoms with Crippen molar-refractivity contribution in [3.8, 4) is 17.2 Å². The van der Waals surface area contributed by atoms with E-state index in [1.54, 1.807) is 41.8 Å². The van der Waals surface area contributed by atoms with Crippen molar-refractivity contribution < 1.29 is 9.47 Å². The molecule has 0 radical (unpaired) electrons. The molecule has 4 rings (SSSR count). The van der Waals surface area contributed by atoms with E-state index in [0.29, 0.717) is 46.3 Å². The molecule has 0 saturated carbocycles. The molecule has 8 heteroatoms. The third-order valence-electron chi connectivity index (χ3n) is 5.02. The van der Waals surface area contributed by atoms with Gasteiger partial charge < -0.3 is 9.47 Å². The highest BCUT2D eigenvalue weighted by Gasteiger charge is 2.14. The minimum atomic E-state index is -0.113. The smallest absolute Gasteiger partial charge is 0.264 e. The van der Waals surface area contributed by atoms with Crippen LogP contribution in [-0.2, 0) is 13.0 Å². The van der Waals surface area contributed by atoms with Crippen LogP contribution < -0.4 is 15.0 Å². The quantitative estimate of drug-likeness (QED) is 0.470. The van der Waals surface area contributed by atoms with E-state index in [4.69, 9.17) is 21.1 Å². The van der Waals surface area contributed by atoms with Crippen molar-refractivity contribution in [3.63, 3.8) is 0 Å². The standard InChI is InChI=1S/C22H21ClN4O3/c1-14-25-21-18(13-24-27(21)17-7-5-16(23)6-8-17)22(28)26(14)11-10-15-4-9-19(29-2)20(12-15)30-3/h4-9,12-13H,10-11H2,1-3H3. The fraction of sp³-hybridized carbons (Fsp3) is 0.227. The summed E-state index contributed by atoms with van der Waals surface area (Å²) in [7, 11) is 3.21. The molecule has 154 valence electrons. The number of hydrogen-bond donors (Lipinski definition) is 0. The lowest BCUT2D eigenvalue weighted by Crippen LogP contribution is -2.25. The Bertz CT molecular complexity index is 1260. The number of aryl methyl sites for hydroxylation is 2. The van der Waals surface area contributed by atoms with Crippen molar-refractivity contribution in [2.45, 2.75) is 19.9 Å². The largest absolute Gasteiger partial charge is 0.493 e. The van der Waals surface area contributed by atoms with Crippen LogP contribution in [0.25, 0.3) is 16.7 Å². The van der Waals surface area contributed by atoms with Gasteiger partial charge in [0.2, 0.25) is 0 Å². The Kier molecular flexibility index (Phi) is 5.46. The SMILES string of the molecule is COc1ccc(CCn2c(C)nc3c(cnn3-c3ccc(Cl)cc3)c2=O)cc1OC. The highest BCUT2D eigenvalue weighted by atomic mass is 35.5. The lowest BCUT2D eigenvalue weighted by Gasteiger charge is -2.12. The molecule has 0 bridgehead atoms. The van der Waals surface area contributed by atoms with E-state index in [9.17, 15) is 4.79 Å². The zero-order valence-electron chi connectivity index (χ0n) is 16.9. The summed E-state index contributed by atoms with van der Waals surface area (Å²) in [5, 5.41) is 5.48. The molecule has 0 fully saturated rings. The molecule has 0 spiro atoms. The average molecular weight is 425 g/mol. The highest BCUT2D eigenvalue weighted by Crippen LogP contribution is 2.27. The molecule has 0 aliphatic carbocycles. The Hall–Kier alpha value is -3.32. The fourth-order valence-corrected chi connectivity index (χ4v) is 3.54. The monoisotopic (exact) mass is 424 g/mol. The number of benzene rings is 2. The number of aromatic nitrogens is 4. The second-order valence-corrected chi connectivity index (χ2v) is 7.26. The summed E-state index contributed by atoms with van der Waals surface area (Å²) in [6, 6.07) is 13.0. The van der Waals surface area contributed by atoms with Gasteiger partial charge >= 0.3 is 0 Å². The van der Waals surface area contributed by atoms with E-state index in [-0.39, 0.29) is 5.56 Å². The second kappa shape index (κ2) is 8.20. The number of rotatable bonds is 6. The van der Waals surface area contributed by atoms with Crippen LogP contribution in [0.5, 0.6) is 11.5 Å². The van der Waals surface area contributed by atoms with Gasteiger partial charge in [0.1, 0.15) is 11.2 Å². The van der Waals surface area contributed by atoms with Crippen LogP contribution in [0.15, 0.2) is 53.5 Å². The zero-order valence-corrected chi connectivity index (χ0v) is 17.7. The number of fused-ring (bicyclic) bond motifs is 1. The fourth-order valence-electron chi connectivity index (χ4n) is 3.42. The molecule has 2 aromatic heterocycles. The molecule has 0 aliphatic rings. The van der Waals surface area contributed by atoms with Crippen molar-refractivity contribution in [1.82, 2.24) is 19.3 Å². The number of nitrogens with zero attached hydrogens (tertiary/aromatic N) is 4. The van der Waals surface area contributed by atoms with E-state index >= 15 is 0 Å². The lowest BCUT2D eigenvalue weighted by molar-refractivity contribution is 0.354. The maximum absolute atomic E-state index is 13.1. The summed E-state index contributed by atoms with van der Waals surface area (Å²) in [5.41, 5.74) is 2.25. The van der Waals surface area contributed by atoms with Crippen molar-refractivity contribution in [2.75, 3.05) is 14.2 Å². The van der Waals surface area contributed by atoms with E-state index in [0.717, 1.165) is 11.3 Å². The van der Waals surface area contributed by atoms with Crippen LogP contribution >= 0.6 is 11.6 Å². The summed E-state index contributed by atoms with van der Waals surface area (Å²) in [4.78, 5) is 17.8. The molecule has 30 heavy (non-hydrogen) atoms. The minimum Gasteiger partial charge on any atom is -0.493 e. The Morgan fingerprint density at radius 2 is 1.77 bits per heavy atom. The maximum Gasteiger partial charge on any atom is 0.264 e. The highest BCUT2D eigenvalue weighted by molar-refractivity contribution is 6.30. The molecule has 0 saturated heterocycles. The van der Waals surface area contributed by atoms with Gasteiger partial charge in [-0.05, 0) is 55.3 Å². The van der Waals surface area contributed by atoms with Gasteiger partial charge in [-0.3, -0.25) is 9.36 Å². The zero-order chi connectivity index (χ0) is 21.3. The third-order valence-corrected chi connectivity index (χ3v) is 5.27. The van der Waals surface area contributed by atoms with Gasteiger partial charge in [0, 0.05) is 11.6 Å². The molecule has 0 aliphatic heterocycles. The van der Waals surface area contributed by atoms with Gasteiger partial charge in [0.15, 0.2) is 17.1 Å². The molecule has 0 amide bonds. The number of halogens is 1. The first-order valence-corrected chi connectivity index (χ1v) is 9.81. The van der Waals surface area contributed by atoms with Crippen LogP contribution in [0, 0.1) is 6.92 Å². The van der Waals surface area contributed by atoms with Crippen molar-refractivity contribution in [1.29, 1.82) is 0 Å². The number of ether oxygens (including phenoxy) is 2. The van der Waals surface area contributed by atoms with Crippen molar-refractivity contribution >= 4 is 22.6 Å². The first kappa shape index (κ1) is 20.0. The Labute approximate surface area is 178 Å². The van der Waals surface area contributed by atoms with Gasteiger partial charge in [0.05, 0.1) is 26.1 Å². The van der Waals surface area contributed by atoms with E-state index < -0.39 is 0 Å². The topological polar surface area (TPSA) is 71.2 Å². The van der Waals surface area contributed by atoms with Gasteiger partial charge in [-0.25, -0.2) is 9.67 Å². The van der Waals surface area contributed by atoms with Gasteiger partial charge in [-0.15, -0.1) is 0 Å². The van der Waals surface area contributed by atoms with E-state index in [1.165, 1.54) is 0 Å². The molecule has 2 heterocycles. The van der Waals surface area contributed by atoms with Crippen molar-refractivity contribution in [2.24, 2.45) is 0 Å². The van der Waals surface area contributed by atoms with E-state index in [1.807, 2.05) is 37.3 Å². The lowest BCUT2D eigenvalue weighted by atomic mass is 10.1. The van der Waals surface area contributed by atoms with Crippen LogP contribution in [0.1, 0.15) is 11.4 Å². The molecule has 0 unspecified atom stereocenters. The molecule has 0 atom stereocenters. The van der Waals surface area contributed by atoms with Crippen molar-refractivity contribution in [3.05, 3.63) is 75.4 Å². The molecule has 2 aromatic carbocycles. The number of hydrogen-bond acceptors (Lipinski definition) is 5.